The van der Waals surface area contributed by atoms with Gasteiger partial charge in [0.05, 0.1) is 5.69 Å². The Kier molecular flexibility index (Phi) is 2.30. The molecule has 0 atom stereocenters. The van der Waals surface area contributed by atoms with Crippen LogP contribution in [0.25, 0.3) is 10.8 Å². The summed E-state index contributed by atoms with van der Waals surface area (Å²) in [6.45, 7) is 0. The van der Waals surface area contributed by atoms with E-state index in [1.54, 1.807) is 0 Å². The lowest BCUT2D eigenvalue weighted by molar-refractivity contribution is 1.64. The minimum Gasteiger partial charge on any atom is -0.397 e. The quantitative estimate of drug-likeness (QED) is 0.733. The van der Waals surface area contributed by atoms with Crippen LogP contribution in [0, 0.1) is 0 Å². The molecule has 2 aromatic rings. The highest BCUT2D eigenvalue weighted by molar-refractivity contribution is 9.11. The molecule has 0 unspecified atom stereocenters. The largest absolute Gasteiger partial charge is 0.397 e. The van der Waals surface area contributed by atoms with E-state index in [1.165, 1.54) is 5.39 Å². The van der Waals surface area contributed by atoms with Crippen molar-refractivity contribution >= 4 is 48.3 Å². The highest BCUT2D eigenvalue weighted by Crippen LogP contribution is 2.35. The Balaban J connectivity index is 2.94. The topological polar surface area (TPSA) is 26.0 Å². The van der Waals surface area contributed by atoms with Gasteiger partial charge in [-0.25, -0.2) is 0 Å². The molecular formula is C10H7Br2N. The molecule has 0 amide bonds. The fourth-order valence-electron chi connectivity index (χ4n) is 1.29. The zero-order valence-corrected chi connectivity index (χ0v) is 9.89. The summed E-state index contributed by atoms with van der Waals surface area (Å²) in [5.74, 6) is 0. The molecule has 13 heavy (non-hydrogen) atoms. The maximum atomic E-state index is 5.85. The number of fused-ring (bicyclic) bond motifs is 1. The van der Waals surface area contributed by atoms with Gasteiger partial charge in [0.1, 0.15) is 0 Å². The molecule has 3 heteroatoms. The third-order valence-electron chi connectivity index (χ3n) is 1.97. The molecule has 0 aliphatic heterocycles. The lowest BCUT2D eigenvalue weighted by Crippen LogP contribution is -1.89. The monoisotopic (exact) mass is 299 g/mol. The SMILES string of the molecule is Nc1c(Br)cc2ccccc2c1Br. The van der Waals surface area contributed by atoms with Gasteiger partial charge in [0, 0.05) is 8.95 Å². The molecule has 2 N–H and O–H groups in total. The van der Waals surface area contributed by atoms with Crippen LogP contribution in [-0.4, -0.2) is 0 Å². The third kappa shape index (κ3) is 1.46. The molecule has 2 aromatic carbocycles. The van der Waals surface area contributed by atoms with Gasteiger partial charge in [-0.3, -0.25) is 0 Å². The standard InChI is InChI=1S/C10H7Br2N/c11-8-5-6-3-1-2-4-7(6)9(12)10(8)13/h1-5H,13H2. The van der Waals surface area contributed by atoms with Crippen molar-refractivity contribution in [3.05, 3.63) is 39.3 Å². The van der Waals surface area contributed by atoms with E-state index in [0.717, 1.165) is 20.0 Å². The van der Waals surface area contributed by atoms with Crippen LogP contribution < -0.4 is 5.73 Å². The number of benzene rings is 2. The Labute approximate surface area is 93.2 Å². The molecular weight excluding hydrogens is 294 g/mol. The van der Waals surface area contributed by atoms with E-state index in [-0.39, 0.29) is 0 Å². The number of hydrogen-bond acceptors (Lipinski definition) is 1. The fourth-order valence-corrected chi connectivity index (χ4v) is 2.57. The molecule has 0 fully saturated rings. The van der Waals surface area contributed by atoms with Gasteiger partial charge in [0.15, 0.2) is 0 Å². The Hall–Kier alpha value is -0.540. The summed E-state index contributed by atoms with van der Waals surface area (Å²) in [4.78, 5) is 0. The maximum absolute atomic E-state index is 5.85. The van der Waals surface area contributed by atoms with Crippen molar-refractivity contribution in [3.63, 3.8) is 0 Å². The van der Waals surface area contributed by atoms with E-state index in [9.17, 15) is 0 Å². The van der Waals surface area contributed by atoms with Crippen molar-refractivity contribution in [1.29, 1.82) is 0 Å². The van der Waals surface area contributed by atoms with Crippen molar-refractivity contribution in [2.75, 3.05) is 5.73 Å². The molecule has 0 saturated heterocycles. The van der Waals surface area contributed by atoms with E-state index in [4.69, 9.17) is 5.73 Å². The molecule has 0 aromatic heterocycles. The molecule has 0 saturated carbocycles. The summed E-state index contributed by atoms with van der Waals surface area (Å²) in [6, 6.07) is 10.1. The zero-order valence-electron chi connectivity index (χ0n) is 6.72. The molecule has 2 rings (SSSR count). The Morgan fingerprint density at radius 2 is 1.77 bits per heavy atom. The van der Waals surface area contributed by atoms with Gasteiger partial charge in [0.2, 0.25) is 0 Å². The number of anilines is 1. The van der Waals surface area contributed by atoms with Crippen molar-refractivity contribution in [2.45, 2.75) is 0 Å². The first-order chi connectivity index (χ1) is 6.20. The number of nitrogen functional groups attached to an aromatic ring is 1. The summed E-state index contributed by atoms with van der Waals surface area (Å²) in [7, 11) is 0. The van der Waals surface area contributed by atoms with Crippen molar-refractivity contribution in [3.8, 4) is 0 Å². The second-order valence-corrected chi connectivity index (χ2v) is 4.45. The molecule has 0 spiro atoms. The Morgan fingerprint density at radius 1 is 1.08 bits per heavy atom. The van der Waals surface area contributed by atoms with Crippen LogP contribution in [0.4, 0.5) is 5.69 Å². The van der Waals surface area contributed by atoms with Crippen molar-refractivity contribution < 1.29 is 0 Å². The smallest absolute Gasteiger partial charge is 0.0609 e. The molecule has 0 radical (unpaired) electrons. The average Bonchev–Trinajstić information content (AvgIpc) is 2.15. The van der Waals surface area contributed by atoms with Crippen LogP contribution in [0.3, 0.4) is 0 Å². The lowest BCUT2D eigenvalue weighted by atomic mass is 10.1. The molecule has 0 heterocycles. The van der Waals surface area contributed by atoms with Gasteiger partial charge in [-0.05, 0) is 48.7 Å². The van der Waals surface area contributed by atoms with E-state index in [0.29, 0.717) is 0 Å². The average molecular weight is 301 g/mol. The number of halogens is 2. The second kappa shape index (κ2) is 3.31. The number of hydrogen-bond donors (Lipinski definition) is 1. The molecule has 1 nitrogen and oxygen atoms in total. The van der Waals surface area contributed by atoms with E-state index < -0.39 is 0 Å². The van der Waals surface area contributed by atoms with Crippen LogP contribution in [-0.2, 0) is 0 Å². The zero-order chi connectivity index (χ0) is 9.42. The highest BCUT2D eigenvalue weighted by Gasteiger charge is 2.05. The Bertz CT molecular complexity index is 466. The minimum absolute atomic E-state index is 0.749. The highest BCUT2D eigenvalue weighted by atomic mass is 79.9. The first-order valence-electron chi connectivity index (χ1n) is 3.82. The van der Waals surface area contributed by atoms with Crippen LogP contribution in [0.2, 0.25) is 0 Å². The van der Waals surface area contributed by atoms with E-state index >= 15 is 0 Å². The molecule has 0 aliphatic carbocycles. The number of nitrogens with two attached hydrogens (primary N) is 1. The van der Waals surface area contributed by atoms with Crippen molar-refractivity contribution in [1.82, 2.24) is 0 Å². The predicted molar refractivity (Wildman–Crippen MR) is 63.8 cm³/mol. The second-order valence-electron chi connectivity index (χ2n) is 2.81. The van der Waals surface area contributed by atoms with Crippen LogP contribution in [0.15, 0.2) is 39.3 Å². The van der Waals surface area contributed by atoms with Crippen molar-refractivity contribution in [2.24, 2.45) is 0 Å². The molecule has 0 aliphatic rings. The molecule has 66 valence electrons. The number of rotatable bonds is 0. The van der Waals surface area contributed by atoms with E-state index in [1.807, 2.05) is 24.3 Å². The maximum Gasteiger partial charge on any atom is 0.0609 e. The van der Waals surface area contributed by atoms with Gasteiger partial charge in [-0.2, -0.15) is 0 Å². The Morgan fingerprint density at radius 3 is 2.54 bits per heavy atom. The third-order valence-corrected chi connectivity index (χ3v) is 3.48. The first kappa shape index (κ1) is 9.03. The summed E-state index contributed by atoms with van der Waals surface area (Å²) in [5.41, 5.74) is 6.60. The van der Waals surface area contributed by atoms with Gasteiger partial charge >= 0.3 is 0 Å². The lowest BCUT2D eigenvalue weighted by Gasteiger charge is -2.05. The fraction of sp³-hybridized carbons (Fsp3) is 0. The van der Waals surface area contributed by atoms with Crippen LogP contribution in [0.5, 0.6) is 0 Å². The summed E-state index contributed by atoms with van der Waals surface area (Å²) in [5, 5.41) is 2.32. The summed E-state index contributed by atoms with van der Waals surface area (Å²) in [6.07, 6.45) is 0. The molecule has 0 bridgehead atoms. The van der Waals surface area contributed by atoms with E-state index in [2.05, 4.69) is 37.9 Å². The van der Waals surface area contributed by atoms with Gasteiger partial charge in [0.25, 0.3) is 0 Å². The predicted octanol–water partition coefficient (Wildman–Crippen LogP) is 3.95. The van der Waals surface area contributed by atoms with Crippen LogP contribution in [0.1, 0.15) is 0 Å². The van der Waals surface area contributed by atoms with Gasteiger partial charge < -0.3 is 5.73 Å². The normalized spacial score (nSPS) is 10.6. The summed E-state index contributed by atoms with van der Waals surface area (Å²) < 4.78 is 1.88. The van der Waals surface area contributed by atoms with Gasteiger partial charge in [-0.1, -0.05) is 24.3 Å². The summed E-state index contributed by atoms with van der Waals surface area (Å²) >= 11 is 6.89. The minimum atomic E-state index is 0.749. The first-order valence-corrected chi connectivity index (χ1v) is 5.41. The van der Waals surface area contributed by atoms with Crippen LogP contribution >= 0.6 is 31.9 Å². The van der Waals surface area contributed by atoms with Gasteiger partial charge in [-0.15, -0.1) is 0 Å².